The third-order valence-corrected chi connectivity index (χ3v) is 7.26. The van der Waals surface area contributed by atoms with Crippen molar-refractivity contribution < 1.29 is 0 Å². The lowest BCUT2D eigenvalue weighted by atomic mass is 9.92. The predicted octanol–water partition coefficient (Wildman–Crippen LogP) is 2.84. The van der Waals surface area contributed by atoms with Crippen molar-refractivity contribution in [2.24, 2.45) is 11.8 Å². The van der Waals surface area contributed by atoms with Crippen LogP contribution in [0.15, 0.2) is 0 Å². The van der Waals surface area contributed by atoms with Gasteiger partial charge in [0.1, 0.15) is 0 Å². The molecule has 0 saturated carbocycles. The number of hydrogen-bond acceptors (Lipinski definition) is 4. The van der Waals surface area contributed by atoms with Crippen molar-refractivity contribution in [3.63, 3.8) is 0 Å². The van der Waals surface area contributed by atoms with E-state index in [0.717, 1.165) is 17.9 Å². The predicted molar refractivity (Wildman–Crippen MR) is 112 cm³/mol. The van der Waals surface area contributed by atoms with Crippen LogP contribution in [0.1, 0.15) is 53.4 Å². The fraction of sp³-hybridized carbons (Fsp3) is 1.00. The molecule has 0 aliphatic carbocycles. The minimum Gasteiger partial charge on any atom is -0.303 e. The van der Waals surface area contributed by atoms with Crippen molar-refractivity contribution in [2.75, 3.05) is 65.4 Å². The Bertz CT molecular complexity index is 349. The summed E-state index contributed by atoms with van der Waals surface area (Å²) in [5, 5.41) is 0. The largest absolute Gasteiger partial charge is 0.303 e. The first-order valence-corrected chi connectivity index (χ1v) is 11.4. The van der Waals surface area contributed by atoms with E-state index in [1.54, 1.807) is 0 Å². The van der Waals surface area contributed by atoms with Crippen molar-refractivity contribution in [1.29, 1.82) is 0 Å². The molecule has 0 unspecified atom stereocenters. The maximum atomic E-state index is 2.78. The second-order valence-electron chi connectivity index (χ2n) is 9.75. The number of piperidine rings is 2. The summed E-state index contributed by atoms with van der Waals surface area (Å²) in [7, 11) is 0. The van der Waals surface area contributed by atoms with Crippen LogP contribution in [0.25, 0.3) is 0 Å². The van der Waals surface area contributed by atoms with Crippen molar-refractivity contribution in [2.45, 2.75) is 65.5 Å². The zero-order valence-corrected chi connectivity index (χ0v) is 18.0. The number of likely N-dealkylation sites (tertiary alicyclic amines) is 2. The number of piperazine rings is 1. The lowest BCUT2D eigenvalue weighted by molar-refractivity contribution is 0.0716. The molecule has 0 N–H and O–H groups in total. The molecule has 3 aliphatic rings. The Labute approximate surface area is 162 Å². The highest BCUT2D eigenvalue weighted by atomic mass is 15.3. The first-order valence-electron chi connectivity index (χ1n) is 11.4. The molecule has 26 heavy (non-hydrogen) atoms. The van der Waals surface area contributed by atoms with Crippen LogP contribution in [0.4, 0.5) is 0 Å². The molecular weight excluding hydrogens is 320 g/mol. The van der Waals surface area contributed by atoms with Crippen LogP contribution >= 0.6 is 0 Å². The molecule has 0 amide bonds. The van der Waals surface area contributed by atoms with E-state index in [2.05, 4.69) is 47.3 Å². The number of hydrogen-bond donors (Lipinski definition) is 0. The van der Waals surface area contributed by atoms with E-state index in [9.17, 15) is 0 Å². The van der Waals surface area contributed by atoms with Gasteiger partial charge in [-0.05, 0) is 91.4 Å². The van der Waals surface area contributed by atoms with Crippen molar-refractivity contribution in [3.8, 4) is 0 Å². The molecule has 3 fully saturated rings. The summed E-state index contributed by atoms with van der Waals surface area (Å²) in [6, 6.07) is 1.45. The Balaban J connectivity index is 1.30. The standard InChI is InChI=1S/C22H44N4/c1-19(2)25-11-7-22(8-12-25)17-23-9-5-21(6-10-23)18-24-13-15-26(16-14-24)20(3)4/h19-22H,5-18H2,1-4H3. The first kappa shape index (κ1) is 20.6. The normalized spacial score (nSPS) is 27.0. The molecule has 0 atom stereocenters. The van der Waals surface area contributed by atoms with Gasteiger partial charge in [-0.15, -0.1) is 0 Å². The molecule has 0 aromatic rings. The summed E-state index contributed by atoms with van der Waals surface area (Å²) >= 11 is 0. The molecule has 4 heteroatoms. The Morgan fingerprint density at radius 1 is 0.538 bits per heavy atom. The summed E-state index contributed by atoms with van der Waals surface area (Å²) in [5.74, 6) is 1.89. The van der Waals surface area contributed by atoms with Gasteiger partial charge in [-0.1, -0.05) is 0 Å². The molecule has 3 rings (SSSR count). The smallest absolute Gasteiger partial charge is 0.0113 e. The van der Waals surface area contributed by atoms with Gasteiger partial charge in [-0.3, -0.25) is 4.90 Å². The van der Waals surface area contributed by atoms with Crippen LogP contribution in [0.2, 0.25) is 0 Å². The highest BCUT2D eigenvalue weighted by molar-refractivity contribution is 4.82. The number of rotatable bonds is 6. The van der Waals surface area contributed by atoms with Crippen molar-refractivity contribution in [1.82, 2.24) is 19.6 Å². The minimum atomic E-state index is 0.716. The quantitative estimate of drug-likeness (QED) is 0.718. The van der Waals surface area contributed by atoms with Gasteiger partial charge in [0.05, 0.1) is 0 Å². The van der Waals surface area contributed by atoms with Gasteiger partial charge < -0.3 is 14.7 Å². The van der Waals surface area contributed by atoms with Crippen LogP contribution in [0, 0.1) is 11.8 Å². The van der Waals surface area contributed by atoms with Gasteiger partial charge in [-0.25, -0.2) is 0 Å². The Morgan fingerprint density at radius 2 is 0.923 bits per heavy atom. The van der Waals surface area contributed by atoms with Crippen LogP contribution < -0.4 is 0 Å². The van der Waals surface area contributed by atoms with E-state index >= 15 is 0 Å². The van der Waals surface area contributed by atoms with Gasteiger partial charge in [0, 0.05) is 51.4 Å². The minimum absolute atomic E-state index is 0.716. The molecular formula is C22H44N4. The summed E-state index contributed by atoms with van der Waals surface area (Å²) in [6.45, 7) is 22.5. The fourth-order valence-electron chi connectivity index (χ4n) is 5.20. The zero-order chi connectivity index (χ0) is 18.5. The molecule has 0 spiro atoms. The molecule has 4 nitrogen and oxygen atoms in total. The summed E-state index contributed by atoms with van der Waals surface area (Å²) < 4.78 is 0. The lowest BCUT2D eigenvalue weighted by Crippen LogP contribution is -2.50. The average Bonchev–Trinajstić information content (AvgIpc) is 2.64. The first-order chi connectivity index (χ1) is 12.5. The number of nitrogens with zero attached hydrogens (tertiary/aromatic N) is 4. The van der Waals surface area contributed by atoms with Gasteiger partial charge in [0.25, 0.3) is 0 Å². The van der Waals surface area contributed by atoms with E-state index in [1.165, 1.54) is 91.1 Å². The van der Waals surface area contributed by atoms with Crippen LogP contribution in [-0.4, -0.2) is 97.1 Å². The van der Waals surface area contributed by atoms with Gasteiger partial charge in [0.15, 0.2) is 0 Å². The zero-order valence-electron chi connectivity index (χ0n) is 18.0. The van der Waals surface area contributed by atoms with E-state index in [4.69, 9.17) is 0 Å². The Morgan fingerprint density at radius 3 is 1.38 bits per heavy atom. The molecule has 0 aromatic heterocycles. The van der Waals surface area contributed by atoms with E-state index in [-0.39, 0.29) is 0 Å². The average molecular weight is 365 g/mol. The molecule has 3 saturated heterocycles. The van der Waals surface area contributed by atoms with Crippen molar-refractivity contribution >= 4 is 0 Å². The fourth-order valence-corrected chi connectivity index (χ4v) is 5.20. The van der Waals surface area contributed by atoms with Crippen LogP contribution in [0.5, 0.6) is 0 Å². The summed E-state index contributed by atoms with van der Waals surface area (Å²) in [5.41, 5.74) is 0. The molecule has 0 bridgehead atoms. The third kappa shape index (κ3) is 5.92. The molecule has 0 aromatic carbocycles. The summed E-state index contributed by atoms with van der Waals surface area (Å²) in [4.78, 5) is 10.8. The highest BCUT2D eigenvalue weighted by Crippen LogP contribution is 2.24. The van der Waals surface area contributed by atoms with Gasteiger partial charge in [0.2, 0.25) is 0 Å². The maximum absolute atomic E-state index is 2.78. The van der Waals surface area contributed by atoms with Crippen LogP contribution in [-0.2, 0) is 0 Å². The molecule has 152 valence electrons. The second-order valence-corrected chi connectivity index (χ2v) is 9.75. The van der Waals surface area contributed by atoms with Gasteiger partial charge >= 0.3 is 0 Å². The van der Waals surface area contributed by atoms with Crippen molar-refractivity contribution in [3.05, 3.63) is 0 Å². The van der Waals surface area contributed by atoms with E-state index < -0.39 is 0 Å². The molecule has 3 aliphatic heterocycles. The SMILES string of the molecule is CC(C)N1CCC(CN2CCC(CN3CCN(C(C)C)CC3)CC2)CC1. The Kier molecular flexibility index (Phi) is 7.80. The molecule has 3 heterocycles. The second kappa shape index (κ2) is 9.86. The Hall–Kier alpha value is -0.160. The molecule has 0 radical (unpaired) electrons. The monoisotopic (exact) mass is 364 g/mol. The highest BCUT2D eigenvalue weighted by Gasteiger charge is 2.27. The van der Waals surface area contributed by atoms with Crippen LogP contribution in [0.3, 0.4) is 0 Å². The summed E-state index contributed by atoms with van der Waals surface area (Å²) in [6.07, 6.45) is 5.68. The topological polar surface area (TPSA) is 13.0 Å². The van der Waals surface area contributed by atoms with Gasteiger partial charge in [-0.2, -0.15) is 0 Å². The van der Waals surface area contributed by atoms with E-state index in [0.29, 0.717) is 6.04 Å². The maximum Gasteiger partial charge on any atom is 0.0113 e. The van der Waals surface area contributed by atoms with E-state index in [1.807, 2.05) is 0 Å². The lowest BCUT2D eigenvalue weighted by Gasteiger charge is -2.41. The third-order valence-electron chi connectivity index (χ3n) is 7.26.